The molecule has 20 heavy (non-hydrogen) atoms. The van der Waals surface area contributed by atoms with Crippen molar-refractivity contribution >= 4 is 17.4 Å². The van der Waals surface area contributed by atoms with E-state index in [0.29, 0.717) is 5.56 Å². The molecule has 0 fully saturated rings. The van der Waals surface area contributed by atoms with Crippen LogP contribution in [-0.4, -0.2) is 16.9 Å². The number of ketones is 1. The Hall–Kier alpha value is -2.43. The summed E-state index contributed by atoms with van der Waals surface area (Å²) in [5.41, 5.74) is 0.326. The standard InChI is InChI=1S/C15H10F3NO/c16-15(17,18)14(20)13(12-4-2-1-3-5-12)10-11-6-8-19-9-7-11/h1-10H/b13-10-. The number of hydrogen-bond acceptors (Lipinski definition) is 2. The van der Waals surface area contributed by atoms with E-state index in [0.717, 1.165) is 0 Å². The van der Waals surface area contributed by atoms with Gasteiger partial charge in [0.05, 0.1) is 0 Å². The van der Waals surface area contributed by atoms with Crippen molar-refractivity contribution in [1.82, 2.24) is 4.98 Å². The molecule has 0 saturated carbocycles. The first-order chi connectivity index (χ1) is 9.48. The first-order valence-corrected chi connectivity index (χ1v) is 5.77. The molecule has 102 valence electrons. The molecule has 0 aliphatic carbocycles. The van der Waals surface area contributed by atoms with Crippen LogP contribution in [0.2, 0.25) is 0 Å². The predicted molar refractivity (Wildman–Crippen MR) is 69.6 cm³/mol. The van der Waals surface area contributed by atoms with E-state index in [2.05, 4.69) is 4.98 Å². The summed E-state index contributed by atoms with van der Waals surface area (Å²) in [6.07, 6.45) is -0.791. The third-order valence-corrected chi connectivity index (χ3v) is 2.60. The van der Waals surface area contributed by atoms with E-state index in [1.54, 1.807) is 18.2 Å². The lowest BCUT2D eigenvalue weighted by Crippen LogP contribution is -2.23. The molecular formula is C15H10F3NO. The van der Waals surface area contributed by atoms with Gasteiger partial charge in [0.25, 0.3) is 5.78 Å². The molecule has 0 spiro atoms. The minimum Gasteiger partial charge on any atom is -0.284 e. The van der Waals surface area contributed by atoms with E-state index in [1.807, 2.05) is 0 Å². The van der Waals surface area contributed by atoms with Crippen molar-refractivity contribution in [1.29, 1.82) is 0 Å². The van der Waals surface area contributed by atoms with Crippen molar-refractivity contribution in [3.63, 3.8) is 0 Å². The predicted octanol–water partition coefficient (Wildman–Crippen LogP) is 3.75. The van der Waals surface area contributed by atoms with Gasteiger partial charge in [0.2, 0.25) is 0 Å². The summed E-state index contributed by atoms with van der Waals surface area (Å²) in [5, 5.41) is 0. The molecule has 0 unspecified atom stereocenters. The summed E-state index contributed by atoms with van der Waals surface area (Å²) < 4.78 is 38.1. The number of halogens is 3. The molecule has 0 bridgehead atoms. The number of carbonyl (C=O) groups excluding carboxylic acids is 1. The first-order valence-electron chi connectivity index (χ1n) is 5.77. The topological polar surface area (TPSA) is 30.0 Å². The molecule has 2 aromatic rings. The largest absolute Gasteiger partial charge is 0.454 e. The van der Waals surface area contributed by atoms with Crippen molar-refractivity contribution in [3.8, 4) is 0 Å². The smallest absolute Gasteiger partial charge is 0.284 e. The zero-order valence-corrected chi connectivity index (χ0v) is 10.3. The summed E-state index contributed by atoms with van der Waals surface area (Å²) in [6.45, 7) is 0. The van der Waals surface area contributed by atoms with Crippen LogP contribution >= 0.6 is 0 Å². The second kappa shape index (κ2) is 5.69. The Morgan fingerprint density at radius 1 is 1.00 bits per heavy atom. The molecule has 1 aromatic carbocycles. The van der Waals surface area contributed by atoms with E-state index in [4.69, 9.17) is 0 Å². The molecule has 0 aliphatic heterocycles. The van der Waals surface area contributed by atoms with Crippen LogP contribution in [0.3, 0.4) is 0 Å². The highest BCUT2D eigenvalue weighted by Gasteiger charge is 2.40. The lowest BCUT2D eigenvalue weighted by atomic mass is 9.99. The third-order valence-electron chi connectivity index (χ3n) is 2.60. The lowest BCUT2D eigenvalue weighted by molar-refractivity contribution is -0.164. The average Bonchev–Trinajstić information content (AvgIpc) is 2.45. The maximum atomic E-state index is 12.7. The number of pyridine rings is 1. The minimum absolute atomic E-state index is 0.228. The van der Waals surface area contributed by atoms with Crippen molar-refractivity contribution in [3.05, 3.63) is 66.0 Å². The van der Waals surface area contributed by atoms with Gasteiger partial charge in [-0.1, -0.05) is 30.3 Å². The number of Topliss-reactive ketones (excluding diaryl/α,β-unsaturated/α-hetero) is 1. The summed E-state index contributed by atoms with van der Waals surface area (Å²) in [4.78, 5) is 15.3. The first kappa shape index (κ1) is 14.0. The normalized spacial score (nSPS) is 12.2. The van der Waals surface area contributed by atoms with Crippen LogP contribution < -0.4 is 0 Å². The fourth-order valence-corrected chi connectivity index (χ4v) is 1.68. The van der Waals surface area contributed by atoms with Gasteiger partial charge in [-0.25, -0.2) is 0 Å². The molecule has 0 atom stereocenters. The Bertz CT molecular complexity index is 619. The zero-order valence-electron chi connectivity index (χ0n) is 10.3. The highest BCUT2D eigenvalue weighted by atomic mass is 19.4. The van der Waals surface area contributed by atoms with E-state index >= 15 is 0 Å². The molecule has 0 radical (unpaired) electrons. The number of benzene rings is 1. The van der Waals surface area contributed by atoms with Gasteiger partial charge in [-0.05, 0) is 29.3 Å². The fraction of sp³-hybridized carbons (Fsp3) is 0.0667. The maximum absolute atomic E-state index is 12.7. The quantitative estimate of drug-likeness (QED) is 0.800. The van der Waals surface area contributed by atoms with Gasteiger partial charge >= 0.3 is 6.18 Å². The van der Waals surface area contributed by atoms with Crippen LogP contribution in [0.5, 0.6) is 0 Å². The van der Waals surface area contributed by atoms with Gasteiger partial charge in [0.1, 0.15) is 0 Å². The van der Waals surface area contributed by atoms with E-state index < -0.39 is 12.0 Å². The van der Waals surface area contributed by atoms with Crippen LogP contribution in [0, 0.1) is 0 Å². The number of hydrogen-bond donors (Lipinski definition) is 0. The lowest BCUT2D eigenvalue weighted by Gasteiger charge is -2.10. The van der Waals surface area contributed by atoms with Crippen molar-refractivity contribution in [2.24, 2.45) is 0 Å². The van der Waals surface area contributed by atoms with E-state index in [-0.39, 0.29) is 11.1 Å². The van der Waals surface area contributed by atoms with Gasteiger partial charge in [0.15, 0.2) is 0 Å². The summed E-state index contributed by atoms with van der Waals surface area (Å²) in [7, 11) is 0. The van der Waals surface area contributed by atoms with Gasteiger partial charge < -0.3 is 0 Å². The van der Waals surface area contributed by atoms with Crippen LogP contribution in [0.1, 0.15) is 11.1 Å². The number of rotatable bonds is 3. The molecule has 1 heterocycles. The van der Waals surface area contributed by atoms with Crippen molar-refractivity contribution in [2.45, 2.75) is 6.18 Å². The Morgan fingerprint density at radius 3 is 2.15 bits per heavy atom. The summed E-state index contributed by atoms with van der Waals surface area (Å²) in [6, 6.07) is 10.8. The molecule has 1 aromatic heterocycles. The van der Waals surface area contributed by atoms with Crippen LogP contribution in [0.4, 0.5) is 13.2 Å². The summed E-state index contributed by atoms with van der Waals surface area (Å²) in [5.74, 6) is -1.86. The van der Waals surface area contributed by atoms with Crippen LogP contribution in [0.15, 0.2) is 54.9 Å². The number of allylic oxidation sites excluding steroid dienone is 1. The molecule has 2 rings (SSSR count). The highest BCUT2D eigenvalue weighted by Crippen LogP contribution is 2.28. The maximum Gasteiger partial charge on any atom is 0.454 e. The Kier molecular flexibility index (Phi) is 3.98. The minimum atomic E-state index is -4.91. The van der Waals surface area contributed by atoms with Gasteiger partial charge in [-0.3, -0.25) is 9.78 Å². The van der Waals surface area contributed by atoms with Crippen molar-refractivity contribution < 1.29 is 18.0 Å². The highest BCUT2D eigenvalue weighted by molar-refractivity contribution is 6.27. The Balaban J connectivity index is 2.51. The van der Waals surface area contributed by atoms with Crippen molar-refractivity contribution in [2.75, 3.05) is 0 Å². The van der Waals surface area contributed by atoms with E-state index in [9.17, 15) is 18.0 Å². The fourth-order valence-electron chi connectivity index (χ4n) is 1.68. The van der Waals surface area contributed by atoms with Crippen LogP contribution in [0.25, 0.3) is 11.6 Å². The number of carbonyl (C=O) groups is 1. The Morgan fingerprint density at radius 2 is 1.60 bits per heavy atom. The average molecular weight is 277 g/mol. The molecule has 0 amide bonds. The second-order valence-electron chi connectivity index (χ2n) is 4.03. The third kappa shape index (κ3) is 3.32. The number of aromatic nitrogens is 1. The van der Waals surface area contributed by atoms with Crippen LogP contribution in [-0.2, 0) is 4.79 Å². The van der Waals surface area contributed by atoms with E-state index in [1.165, 1.54) is 42.7 Å². The molecule has 0 aliphatic rings. The SMILES string of the molecule is O=C(/C(=C\c1ccncc1)c1ccccc1)C(F)(F)F. The zero-order chi connectivity index (χ0) is 14.6. The molecule has 0 saturated heterocycles. The van der Waals surface area contributed by atoms with Gasteiger partial charge in [0, 0.05) is 18.0 Å². The molecular weight excluding hydrogens is 267 g/mol. The van der Waals surface area contributed by atoms with Gasteiger partial charge in [-0.15, -0.1) is 0 Å². The molecule has 0 N–H and O–H groups in total. The number of alkyl halides is 3. The monoisotopic (exact) mass is 277 g/mol. The molecule has 5 heteroatoms. The molecule has 2 nitrogen and oxygen atoms in total. The number of nitrogens with zero attached hydrogens (tertiary/aromatic N) is 1. The Labute approximate surface area is 113 Å². The second-order valence-corrected chi connectivity index (χ2v) is 4.03. The van der Waals surface area contributed by atoms with Gasteiger partial charge in [-0.2, -0.15) is 13.2 Å². The summed E-state index contributed by atoms with van der Waals surface area (Å²) >= 11 is 0.